The lowest BCUT2D eigenvalue weighted by atomic mass is 9.67. The van der Waals surface area contributed by atoms with Crippen molar-refractivity contribution in [3.05, 3.63) is 0 Å². The van der Waals surface area contributed by atoms with Crippen molar-refractivity contribution in [1.29, 1.82) is 0 Å². The molecule has 1 saturated heterocycles. The average molecular weight is 195 g/mol. The second kappa shape index (κ2) is 3.25. The summed E-state index contributed by atoms with van der Waals surface area (Å²) in [5.74, 6) is 1.60. The van der Waals surface area contributed by atoms with E-state index < -0.39 is 0 Å². The van der Waals surface area contributed by atoms with Crippen LogP contribution in [0.3, 0.4) is 0 Å². The van der Waals surface area contributed by atoms with Gasteiger partial charge in [-0.1, -0.05) is 26.7 Å². The van der Waals surface area contributed by atoms with Gasteiger partial charge >= 0.3 is 0 Å². The highest BCUT2D eigenvalue weighted by Gasteiger charge is 2.53. The van der Waals surface area contributed by atoms with E-state index in [4.69, 9.17) is 0 Å². The molecular formula is C12H21NO. The third kappa shape index (κ3) is 1.12. The highest BCUT2D eigenvalue weighted by atomic mass is 16.2. The summed E-state index contributed by atoms with van der Waals surface area (Å²) in [5.41, 5.74) is 0.204. The van der Waals surface area contributed by atoms with E-state index in [-0.39, 0.29) is 5.54 Å². The molecule has 0 N–H and O–H groups in total. The molecule has 0 aromatic heterocycles. The molecule has 2 unspecified atom stereocenters. The first-order valence-corrected chi connectivity index (χ1v) is 5.85. The summed E-state index contributed by atoms with van der Waals surface area (Å²) in [6.45, 7) is 4.54. The van der Waals surface area contributed by atoms with Gasteiger partial charge in [0.1, 0.15) is 0 Å². The number of nitrogens with zero attached hydrogens (tertiary/aromatic N) is 1. The van der Waals surface area contributed by atoms with Crippen LogP contribution in [-0.4, -0.2) is 23.4 Å². The maximum Gasteiger partial charge on any atom is 0.223 e. The fraction of sp³-hybridized carbons (Fsp3) is 0.917. The van der Waals surface area contributed by atoms with Gasteiger partial charge in [0, 0.05) is 19.0 Å². The van der Waals surface area contributed by atoms with Crippen molar-refractivity contribution in [1.82, 2.24) is 4.90 Å². The van der Waals surface area contributed by atoms with Crippen molar-refractivity contribution in [2.75, 3.05) is 7.05 Å². The summed E-state index contributed by atoms with van der Waals surface area (Å²) in [7, 11) is 2.01. The number of hydrogen-bond acceptors (Lipinski definition) is 1. The van der Waals surface area contributed by atoms with Crippen molar-refractivity contribution in [3.63, 3.8) is 0 Å². The molecule has 2 nitrogen and oxygen atoms in total. The van der Waals surface area contributed by atoms with Crippen LogP contribution in [0.25, 0.3) is 0 Å². The van der Waals surface area contributed by atoms with Crippen LogP contribution in [-0.2, 0) is 4.79 Å². The Morgan fingerprint density at radius 3 is 2.71 bits per heavy atom. The molecule has 0 bridgehead atoms. The molecule has 1 aliphatic carbocycles. The van der Waals surface area contributed by atoms with Crippen LogP contribution in [0.5, 0.6) is 0 Å². The van der Waals surface area contributed by atoms with Crippen molar-refractivity contribution in [2.24, 2.45) is 11.8 Å². The number of likely N-dealkylation sites (tertiary alicyclic amines) is 1. The minimum Gasteiger partial charge on any atom is -0.340 e. The van der Waals surface area contributed by atoms with Gasteiger partial charge in [0.05, 0.1) is 0 Å². The molecule has 0 spiro atoms. The highest BCUT2D eigenvalue weighted by Crippen LogP contribution is 2.49. The molecule has 2 aliphatic rings. The van der Waals surface area contributed by atoms with Crippen LogP contribution in [0, 0.1) is 11.8 Å². The van der Waals surface area contributed by atoms with Crippen LogP contribution < -0.4 is 0 Å². The monoisotopic (exact) mass is 195 g/mol. The summed E-state index contributed by atoms with van der Waals surface area (Å²) in [5, 5.41) is 0. The summed E-state index contributed by atoms with van der Waals surface area (Å²) >= 11 is 0. The molecule has 0 radical (unpaired) electrons. The van der Waals surface area contributed by atoms with Crippen molar-refractivity contribution in [2.45, 2.75) is 51.5 Å². The number of carbonyl (C=O) groups excluding carboxylic acids is 1. The standard InChI is InChI=1S/C12H21NO/c1-9(2)12-7-5-4-6-10(12)8-11(14)13(12)3/h9-10H,4-8H2,1-3H3. The van der Waals surface area contributed by atoms with E-state index in [9.17, 15) is 4.79 Å². The molecular weight excluding hydrogens is 174 g/mol. The molecule has 14 heavy (non-hydrogen) atoms. The van der Waals surface area contributed by atoms with Gasteiger partial charge in [0.15, 0.2) is 0 Å². The number of fused-ring (bicyclic) bond motifs is 1. The summed E-state index contributed by atoms with van der Waals surface area (Å²) < 4.78 is 0. The van der Waals surface area contributed by atoms with Gasteiger partial charge < -0.3 is 4.90 Å². The van der Waals surface area contributed by atoms with Gasteiger partial charge in [-0.25, -0.2) is 0 Å². The SMILES string of the molecule is CC(C)C12CCCCC1CC(=O)N2C. The third-order valence-corrected chi connectivity index (χ3v) is 4.51. The molecule has 1 saturated carbocycles. The Balaban J connectivity index is 2.34. The number of hydrogen-bond donors (Lipinski definition) is 0. The second-order valence-corrected chi connectivity index (χ2v) is 5.25. The highest BCUT2D eigenvalue weighted by molar-refractivity contribution is 5.80. The molecule has 1 aliphatic heterocycles. The van der Waals surface area contributed by atoms with Gasteiger partial charge in [-0.3, -0.25) is 4.79 Å². The quantitative estimate of drug-likeness (QED) is 0.629. The van der Waals surface area contributed by atoms with Crippen LogP contribution in [0.2, 0.25) is 0 Å². The van der Waals surface area contributed by atoms with Gasteiger partial charge in [-0.2, -0.15) is 0 Å². The lowest BCUT2D eigenvalue weighted by Crippen LogP contribution is -2.52. The first kappa shape index (κ1) is 10.0. The maximum atomic E-state index is 11.8. The Morgan fingerprint density at radius 2 is 2.14 bits per heavy atom. The van der Waals surface area contributed by atoms with Gasteiger partial charge in [0.2, 0.25) is 5.91 Å². The summed E-state index contributed by atoms with van der Waals surface area (Å²) in [4.78, 5) is 13.8. The first-order valence-electron chi connectivity index (χ1n) is 5.85. The molecule has 2 rings (SSSR count). The Kier molecular flexibility index (Phi) is 2.32. The van der Waals surface area contributed by atoms with Crippen molar-refractivity contribution in [3.8, 4) is 0 Å². The van der Waals surface area contributed by atoms with Crippen LogP contribution in [0.1, 0.15) is 46.0 Å². The molecule has 1 heterocycles. The molecule has 2 fully saturated rings. The largest absolute Gasteiger partial charge is 0.340 e. The predicted octanol–water partition coefficient (Wildman–Crippen LogP) is 2.43. The molecule has 80 valence electrons. The van der Waals surface area contributed by atoms with Crippen molar-refractivity contribution < 1.29 is 4.79 Å². The fourth-order valence-electron chi connectivity index (χ4n) is 3.70. The van der Waals surface area contributed by atoms with Crippen LogP contribution in [0.15, 0.2) is 0 Å². The first-order chi connectivity index (χ1) is 6.59. The zero-order valence-corrected chi connectivity index (χ0v) is 9.55. The fourth-order valence-corrected chi connectivity index (χ4v) is 3.70. The van der Waals surface area contributed by atoms with E-state index in [2.05, 4.69) is 18.7 Å². The molecule has 2 heteroatoms. The zero-order valence-electron chi connectivity index (χ0n) is 9.55. The van der Waals surface area contributed by atoms with E-state index in [0.717, 1.165) is 6.42 Å². The Labute approximate surface area is 86.7 Å². The molecule has 0 aromatic rings. The van der Waals surface area contributed by atoms with Gasteiger partial charge in [-0.05, 0) is 24.7 Å². The van der Waals surface area contributed by atoms with E-state index >= 15 is 0 Å². The molecule has 0 aromatic carbocycles. The lowest BCUT2D eigenvalue weighted by Gasteiger charge is -2.47. The van der Waals surface area contributed by atoms with Gasteiger partial charge in [0.25, 0.3) is 0 Å². The maximum absolute atomic E-state index is 11.8. The van der Waals surface area contributed by atoms with Crippen molar-refractivity contribution >= 4 is 5.91 Å². The van der Waals surface area contributed by atoms with E-state index in [1.807, 2.05) is 7.05 Å². The van der Waals surface area contributed by atoms with E-state index in [0.29, 0.717) is 17.7 Å². The number of amides is 1. The van der Waals surface area contributed by atoms with E-state index in [1.54, 1.807) is 0 Å². The minimum atomic E-state index is 0.204. The van der Waals surface area contributed by atoms with E-state index in [1.165, 1.54) is 25.7 Å². The summed E-state index contributed by atoms with van der Waals surface area (Å²) in [6, 6.07) is 0. The number of rotatable bonds is 1. The Bertz CT molecular complexity index is 249. The average Bonchev–Trinajstić information content (AvgIpc) is 2.41. The second-order valence-electron chi connectivity index (χ2n) is 5.25. The van der Waals surface area contributed by atoms with Gasteiger partial charge in [-0.15, -0.1) is 0 Å². The minimum absolute atomic E-state index is 0.204. The third-order valence-electron chi connectivity index (χ3n) is 4.51. The van der Waals surface area contributed by atoms with Crippen LogP contribution in [0.4, 0.5) is 0 Å². The number of carbonyl (C=O) groups is 1. The normalized spacial score (nSPS) is 37.9. The lowest BCUT2D eigenvalue weighted by molar-refractivity contribution is -0.131. The Morgan fingerprint density at radius 1 is 1.43 bits per heavy atom. The molecule has 1 amide bonds. The molecule has 2 atom stereocenters. The zero-order chi connectivity index (χ0) is 10.3. The van der Waals surface area contributed by atoms with Crippen LogP contribution >= 0.6 is 0 Å². The smallest absolute Gasteiger partial charge is 0.223 e. The summed E-state index contributed by atoms with van der Waals surface area (Å²) in [6.07, 6.45) is 5.90. The topological polar surface area (TPSA) is 20.3 Å². The Hall–Kier alpha value is -0.530. The predicted molar refractivity (Wildman–Crippen MR) is 56.9 cm³/mol.